The van der Waals surface area contributed by atoms with E-state index in [9.17, 15) is 9.59 Å². The van der Waals surface area contributed by atoms with Crippen molar-refractivity contribution in [1.29, 1.82) is 0 Å². The molecule has 0 atom stereocenters. The molecule has 1 heterocycles. The largest absolute Gasteiger partial charge is 0.482 e. The Morgan fingerprint density at radius 1 is 1.50 bits per heavy atom. The van der Waals surface area contributed by atoms with E-state index < -0.39 is 5.97 Å². The molecular weight excluding hydrogens is 254 g/mol. The van der Waals surface area contributed by atoms with Crippen LogP contribution in [-0.4, -0.2) is 30.1 Å². The molecule has 1 rings (SSSR count). The third-order valence-corrected chi connectivity index (χ3v) is 3.62. The number of ether oxygens (including phenoxy) is 1. The fourth-order valence-corrected chi connectivity index (χ4v) is 2.27. The fraction of sp³-hybridized carbons (Fsp3) is 0.500. The first-order valence-electron chi connectivity index (χ1n) is 5.72. The second-order valence-electron chi connectivity index (χ2n) is 4.04. The zero-order valence-corrected chi connectivity index (χ0v) is 11.5. The van der Waals surface area contributed by atoms with Crippen molar-refractivity contribution >= 4 is 23.2 Å². The van der Waals surface area contributed by atoms with E-state index in [4.69, 9.17) is 9.84 Å². The van der Waals surface area contributed by atoms with Crippen molar-refractivity contribution in [3.63, 3.8) is 0 Å². The van der Waals surface area contributed by atoms with Crippen molar-refractivity contribution < 1.29 is 19.4 Å². The minimum absolute atomic E-state index is 0.142. The Labute approximate surface area is 110 Å². The van der Waals surface area contributed by atoms with Crippen molar-refractivity contribution in [2.75, 3.05) is 13.2 Å². The number of carbonyl (C=O) groups excluding carboxylic acids is 1. The highest BCUT2D eigenvalue weighted by atomic mass is 32.1. The molecule has 0 aliphatic carbocycles. The molecule has 1 amide bonds. The summed E-state index contributed by atoms with van der Waals surface area (Å²) in [5, 5.41) is 11.6. The van der Waals surface area contributed by atoms with Crippen molar-refractivity contribution in [2.45, 2.75) is 26.7 Å². The van der Waals surface area contributed by atoms with E-state index in [1.165, 1.54) is 11.3 Å². The number of nitrogens with one attached hydrogen (secondary N) is 1. The van der Waals surface area contributed by atoms with Crippen LogP contribution in [0, 0.1) is 0 Å². The summed E-state index contributed by atoms with van der Waals surface area (Å²) in [4.78, 5) is 23.4. The quantitative estimate of drug-likeness (QED) is 0.830. The average Bonchev–Trinajstić information content (AvgIpc) is 2.71. The van der Waals surface area contributed by atoms with Crippen LogP contribution in [0.1, 0.15) is 41.2 Å². The van der Waals surface area contributed by atoms with E-state index in [2.05, 4.69) is 5.32 Å². The molecule has 2 N–H and O–H groups in total. The van der Waals surface area contributed by atoms with Crippen LogP contribution < -0.4 is 10.1 Å². The van der Waals surface area contributed by atoms with Crippen molar-refractivity contribution in [3.8, 4) is 5.75 Å². The lowest BCUT2D eigenvalue weighted by atomic mass is 10.2. The van der Waals surface area contributed by atoms with Gasteiger partial charge in [0.05, 0.1) is 0 Å². The number of likely N-dealkylation sites (N-methyl/N-ethyl adjacent to an activating group) is 1. The van der Waals surface area contributed by atoms with Gasteiger partial charge in [0.15, 0.2) is 11.5 Å². The molecule has 1 aromatic heterocycles. The number of amides is 1. The van der Waals surface area contributed by atoms with Crippen LogP contribution in [0.4, 0.5) is 0 Å². The lowest BCUT2D eigenvalue weighted by molar-refractivity contribution is -0.123. The van der Waals surface area contributed by atoms with Gasteiger partial charge in [0.2, 0.25) is 0 Å². The molecule has 0 bridgehead atoms. The van der Waals surface area contributed by atoms with Crippen molar-refractivity contribution in [2.24, 2.45) is 0 Å². The highest BCUT2D eigenvalue weighted by molar-refractivity contribution is 7.14. The summed E-state index contributed by atoms with van der Waals surface area (Å²) < 4.78 is 5.26. The topological polar surface area (TPSA) is 75.6 Å². The molecule has 0 saturated carbocycles. The Hall–Kier alpha value is -1.56. The van der Waals surface area contributed by atoms with Gasteiger partial charge in [-0.15, -0.1) is 11.3 Å². The molecule has 0 unspecified atom stereocenters. The third-order valence-electron chi connectivity index (χ3n) is 2.21. The van der Waals surface area contributed by atoms with Gasteiger partial charge in [-0.05, 0) is 18.9 Å². The number of rotatable bonds is 6. The number of carbonyl (C=O) groups is 2. The minimum Gasteiger partial charge on any atom is -0.482 e. The van der Waals surface area contributed by atoms with Crippen LogP contribution in [0.2, 0.25) is 0 Å². The van der Waals surface area contributed by atoms with Gasteiger partial charge in [-0.3, -0.25) is 4.79 Å². The zero-order valence-electron chi connectivity index (χ0n) is 10.6. The Balaban J connectivity index is 2.80. The van der Waals surface area contributed by atoms with Crippen LogP contribution >= 0.6 is 11.3 Å². The molecule has 1 aromatic rings. The summed E-state index contributed by atoms with van der Waals surface area (Å²) in [6, 6.07) is 1.69. The normalized spacial score (nSPS) is 10.4. The number of thiophene rings is 1. The maximum Gasteiger partial charge on any atom is 0.349 e. The molecule has 0 aliphatic rings. The predicted molar refractivity (Wildman–Crippen MR) is 69.5 cm³/mol. The van der Waals surface area contributed by atoms with Gasteiger partial charge in [0.1, 0.15) is 5.75 Å². The Kier molecular flexibility index (Phi) is 5.15. The van der Waals surface area contributed by atoms with E-state index in [0.29, 0.717) is 6.54 Å². The van der Waals surface area contributed by atoms with Crippen LogP contribution in [0.15, 0.2) is 6.07 Å². The highest BCUT2D eigenvalue weighted by Gasteiger charge is 2.18. The van der Waals surface area contributed by atoms with E-state index in [-0.39, 0.29) is 29.1 Å². The van der Waals surface area contributed by atoms with E-state index in [1.54, 1.807) is 6.07 Å². The molecular formula is C12H17NO4S. The summed E-state index contributed by atoms with van der Waals surface area (Å²) >= 11 is 1.18. The smallest absolute Gasteiger partial charge is 0.349 e. The first-order chi connectivity index (χ1) is 8.45. The molecule has 0 saturated heterocycles. The van der Waals surface area contributed by atoms with Gasteiger partial charge in [-0.2, -0.15) is 0 Å². The van der Waals surface area contributed by atoms with Crippen LogP contribution in [0.3, 0.4) is 0 Å². The SMILES string of the molecule is CCNC(=O)COc1cc(C(C)C)sc1C(=O)O. The van der Waals surface area contributed by atoms with Gasteiger partial charge in [0, 0.05) is 11.4 Å². The molecule has 0 fully saturated rings. The summed E-state index contributed by atoms with van der Waals surface area (Å²) in [6.07, 6.45) is 0. The Morgan fingerprint density at radius 3 is 2.67 bits per heavy atom. The first kappa shape index (κ1) is 14.5. The fourth-order valence-electron chi connectivity index (χ4n) is 1.32. The summed E-state index contributed by atoms with van der Waals surface area (Å²) in [7, 11) is 0. The molecule has 0 radical (unpaired) electrons. The van der Waals surface area contributed by atoms with Crippen molar-refractivity contribution in [3.05, 3.63) is 15.8 Å². The molecule has 18 heavy (non-hydrogen) atoms. The zero-order chi connectivity index (χ0) is 13.7. The monoisotopic (exact) mass is 271 g/mol. The van der Waals surface area contributed by atoms with Crippen molar-refractivity contribution in [1.82, 2.24) is 5.32 Å². The highest BCUT2D eigenvalue weighted by Crippen LogP contribution is 2.33. The lowest BCUT2D eigenvalue weighted by Gasteiger charge is -2.05. The summed E-state index contributed by atoms with van der Waals surface area (Å²) in [5.41, 5.74) is 0. The van der Waals surface area contributed by atoms with Crippen LogP contribution in [-0.2, 0) is 4.79 Å². The van der Waals surface area contributed by atoms with E-state index in [1.807, 2.05) is 20.8 Å². The minimum atomic E-state index is -1.03. The van der Waals surface area contributed by atoms with E-state index in [0.717, 1.165) is 4.88 Å². The van der Waals surface area contributed by atoms with Gasteiger partial charge < -0.3 is 15.2 Å². The third kappa shape index (κ3) is 3.73. The second kappa shape index (κ2) is 6.39. The Bertz CT molecular complexity index is 439. The van der Waals surface area contributed by atoms with E-state index >= 15 is 0 Å². The van der Waals surface area contributed by atoms with Gasteiger partial charge in [0.25, 0.3) is 5.91 Å². The average molecular weight is 271 g/mol. The van der Waals surface area contributed by atoms with Gasteiger partial charge in [-0.25, -0.2) is 4.79 Å². The molecule has 0 aliphatic heterocycles. The maximum absolute atomic E-state index is 11.3. The number of carboxylic acid groups (broad SMARTS) is 1. The summed E-state index contributed by atoms with van der Waals surface area (Å²) in [5.74, 6) is -0.790. The van der Waals surface area contributed by atoms with Gasteiger partial charge >= 0.3 is 5.97 Å². The number of hydrogen-bond donors (Lipinski definition) is 2. The number of carboxylic acids is 1. The maximum atomic E-state index is 11.3. The molecule has 6 heteroatoms. The number of aromatic carboxylic acids is 1. The molecule has 100 valence electrons. The van der Waals surface area contributed by atoms with Crippen LogP contribution in [0.25, 0.3) is 0 Å². The van der Waals surface area contributed by atoms with Crippen LogP contribution in [0.5, 0.6) is 5.75 Å². The standard InChI is InChI=1S/C12H17NO4S/c1-4-13-10(14)6-17-8-5-9(7(2)3)18-11(8)12(15)16/h5,7H,4,6H2,1-3H3,(H,13,14)(H,15,16). The second-order valence-corrected chi connectivity index (χ2v) is 5.13. The number of hydrogen-bond acceptors (Lipinski definition) is 4. The molecule has 0 spiro atoms. The Morgan fingerprint density at radius 2 is 2.17 bits per heavy atom. The molecule has 0 aromatic carbocycles. The predicted octanol–water partition coefficient (Wildman–Crippen LogP) is 2.08. The van der Waals surface area contributed by atoms with Gasteiger partial charge in [-0.1, -0.05) is 13.8 Å². The summed E-state index contributed by atoms with van der Waals surface area (Å²) in [6.45, 7) is 6.12. The lowest BCUT2D eigenvalue weighted by Crippen LogP contribution is -2.28. The first-order valence-corrected chi connectivity index (χ1v) is 6.53. The molecule has 5 nitrogen and oxygen atoms in total.